The van der Waals surface area contributed by atoms with E-state index in [-0.39, 0.29) is 25.1 Å². The van der Waals surface area contributed by atoms with Gasteiger partial charge < -0.3 is 14.7 Å². The SMILES string of the molecule is CCCCCCCCC=CCCCCCCCC(=O)OCCN(CCO)C(=O)CCCCCCCC=CCCCCCCCC. The van der Waals surface area contributed by atoms with Gasteiger partial charge in [0.1, 0.15) is 6.61 Å². The van der Waals surface area contributed by atoms with Gasteiger partial charge in [0.15, 0.2) is 0 Å². The standard InChI is InChI=1S/C40H75NO4/c1-3-5-7-9-11-13-15-17-19-21-23-25-27-29-31-33-39(43)41(35-37-42)36-38-45-40(44)34-32-30-28-26-24-22-20-18-16-14-12-10-8-6-4-2/h17-20,42H,3-16,21-38H2,1-2H3. The van der Waals surface area contributed by atoms with E-state index in [1.165, 1.54) is 116 Å². The lowest BCUT2D eigenvalue weighted by Crippen LogP contribution is -2.36. The minimum Gasteiger partial charge on any atom is -0.464 e. The highest BCUT2D eigenvalue weighted by Crippen LogP contribution is 2.12. The number of rotatable bonds is 35. The average Bonchev–Trinajstić information content (AvgIpc) is 3.04. The normalized spacial score (nSPS) is 11.6. The molecule has 0 heterocycles. The van der Waals surface area contributed by atoms with Crippen molar-refractivity contribution in [3.8, 4) is 0 Å². The lowest BCUT2D eigenvalue weighted by atomic mass is 10.1. The summed E-state index contributed by atoms with van der Waals surface area (Å²) in [4.78, 5) is 26.4. The van der Waals surface area contributed by atoms with Gasteiger partial charge in [0, 0.05) is 19.4 Å². The largest absolute Gasteiger partial charge is 0.464 e. The van der Waals surface area contributed by atoms with E-state index in [9.17, 15) is 14.7 Å². The van der Waals surface area contributed by atoms with Gasteiger partial charge in [-0.25, -0.2) is 0 Å². The minimum atomic E-state index is -0.179. The van der Waals surface area contributed by atoms with Crippen molar-refractivity contribution in [2.45, 2.75) is 194 Å². The zero-order valence-corrected chi connectivity index (χ0v) is 30.1. The molecule has 0 fully saturated rings. The summed E-state index contributed by atoms with van der Waals surface area (Å²) in [6, 6.07) is 0. The van der Waals surface area contributed by atoms with Crippen LogP contribution in [0.25, 0.3) is 0 Å². The van der Waals surface area contributed by atoms with Crippen LogP contribution in [-0.2, 0) is 14.3 Å². The van der Waals surface area contributed by atoms with Gasteiger partial charge in [-0.05, 0) is 64.2 Å². The number of aliphatic hydroxyl groups is 1. The molecule has 0 radical (unpaired) electrons. The molecular formula is C40H75NO4. The molecule has 45 heavy (non-hydrogen) atoms. The van der Waals surface area contributed by atoms with Gasteiger partial charge in [-0.1, -0.05) is 141 Å². The molecule has 0 aliphatic rings. The smallest absolute Gasteiger partial charge is 0.305 e. The van der Waals surface area contributed by atoms with Crippen LogP contribution in [0.5, 0.6) is 0 Å². The number of ether oxygens (including phenoxy) is 1. The quantitative estimate of drug-likeness (QED) is 0.0428. The molecular weight excluding hydrogens is 558 g/mol. The lowest BCUT2D eigenvalue weighted by Gasteiger charge is -2.21. The van der Waals surface area contributed by atoms with Crippen LogP contribution < -0.4 is 0 Å². The zero-order valence-electron chi connectivity index (χ0n) is 30.1. The number of carbonyl (C=O) groups excluding carboxylic acids is 2. The van der Waals surface area contributed by atoms with Gasteiger partial charge in [0.25, 0.3) is 0 Å². The van der Waals surface area contributed by atoms with Gasteiger partial charge in [0.05, 0.1) is 13.2 Å². The molecule has 5 heteroatoms. The van der Waals surface area contributed by atoms with E-state index in [4.69, 9.17) is 4.74 Å². The van der Waals surface area contributed by atoms with E-state index in [2.05, 4.69) is 38.2 Å². The second-order valence-corrected chi connectivity index (χ2v) is 13.0. The predicted molar refractivity (Wildman–Crippen MR) is 194 cm³/mol. The average molecular weight is 634 g/mol. The fourth-order valence-electron chi connectivity index (χ4n) is 5.67. The third-order valence-corrected chi connectivity index (χ3v) is 8.64. The summed E-state index contributed by atoms with van der Waals surface area (Å²) >= 11 is 0. The predicted octanol–water partition coefficient (Wildman–Crippen LogP) is 11.4. The minimum absolute atomic E-state index is 0.0509. The summed E-state index contributed by atoms with van der Waals surface area (Å²) in [6.45, 7) is 5.33. The van der Waals surface area contributed by atoms with Crippen molar-refractivity contribution < 1.29 is 19.4 Å². The summed E-state index contributed by atoms with van der Waals surface area (Å²) in [6.07, 6.45) is 42.4. The summed E-state index contributed by atoms with van der Waals surface area (Å²) in [5.74, 6) is -0.128. The van der Waals surface area contributed by atoms with Crippen molar-refractivity contribution >= 4 is 11.9 Å². The summed E-state index contributed by atoms with van der Waals surface area (Å²) in [5, 5.41) is 9.39. The Morgan fingerprint density at radius 1 is 0.511 bits per heavy atom. The Labute approximate surface area is 280 Å². The fourth-order valence-corrected chi connectivity index (χ4v) is 5.67. The van der Waals surface area contributed by atoms with Gasteiger partial charge in [0.2, 0.25) is 5.91 Å². The number of nitrogens with zero attached hydrogens (tertiary/aromatic N) is 1. The van der Waals surface area contributed by atoms with E-state index >= 15 is 0 Å². The molecule has 0 rings (SSSR count). The molecule has 0 saturated heterocycles. The molecule has 0 aromatic rings. The van der Waals surface area contributed by atoms with Crippen LogP contribution in [0.1, 0.15) is 194 Å². The summed E-state index contributed by atoms with van der Waals surface area (Å²) in [7, 11) is 0. The van der Waals surface area contributed by atoms with Crippen LogP contribution in [0.3, 0.4) is 0 Å². The van der Waals surface area contributed by atoms with E-state index in [0.29, 0.717) is 25.9 Å². The molecule has 0 aliphatic carbocycles. The molecule has 5 nitrogen and oxygen atoms in total. The maximum Gasteiger partial charge on any atom is 0.305 e. The summed E-state index contributed by atoms with van der Waals surface area (Å²) < 4.78 is 5.39. The first kappa shape index (κ1) is 43.4. The molecule has 0 aromatic heterocycles. The number of esters is 1. The molecule has 0 bridgehead atoms. The topological polar surface area (TPSA) is 66.8 Å². The van der Waals surface area contributed by atoms with E-state index in [0.717, 1.165) is 51.4 Å². The molecule has 0 atom stereocenters. The maximum absolute atomic E-state index is 12.6. The lowest BCUT2D eigenvalue weighted by molar-refractivity contribution is -0.146. The number of hydrogen-bond donors (Lipinski definition) is 1. The van der Waals surface area contributed by atoms with Gasteiger partial charge in [-0.3, -0.25) is 9.59 Å². The van der Waals surface area contributed by atoms with Crippen molar-refractivity contribution in [1.29, 1.82) is 0 Å². The van der Waals surface area contributed by atoms with Gasteiger partial charge >= 0.3 is 5.97 Å². The number of unbranched alkanes of at least 4 members (excludes halogenated alkanes) is 22. The first-order valence-corrected chi connectivity index (χ1v) is 19.5. The Morgan fingerprint density at radius 3 is 1.31 bits per heavy atom. The third-order valence-electron chi connectivity index (χ3n) is 8.64. The highest BCUT2D eigenvalue weighted by molar-refractivity contribution is 5.76. The number of hydrogen-bond acceptors (Lipinski definition) is 4. The van der Waals surface area contributed by atoms with Crippen LogP contribution in [0.2, 0.25) is 0 Å². The van der Waals surface area contributed by atoms with Crippen LogP contribution in [0.15, 0.2) is 24.3 Å². The van der Waals surface area contributed by atoms with Gasteiger partial charge in [-0.15, -0.1) is 0 Å². The molecule has 264 valence electrons. The van der Waals surface area contributed by atoms with Crippen molar-refractivity contribution in [3.63, 3.8) is 0 Å². The number of allylic oxidation sites excluding steroid dienone is 4. The van der Waals surface area contributed by atoms with Crippen molar-refractivity contribution in [1.82, 2.24) is 4.90 Å². The number of carbonyl (C=O) groups is 2. The van der Waals surface area contributed by atoms with Crippen LogP contribution in [0, 0.1) is 0 Å². The zero-order chi connectivity index (χ0) is 32.9. The molecule has 0 spiro atoms. The van der Waals surface area contributed by atoms with Crippen LogP contribution in [0.4, 0.5) is 0 Å². The Morgan fingerprint density at radius 2 is 0.889 bits per heavy atom. The Bertz CT molecular complexity index is 690. The first-order chi connectivity index (χ1) is 22.2. The molecule has 0 aliphatic heterocycles. The summed E-state index contributed by atoms with van der Waals surface area (Å²) in [5.41, 5.74) is 0. The fraction of sp³-hybridized carbons (Fsp3) is 0.850. The molecule has 0 saturated carbocycles. The Kier molecular flexibility index (Phi) is 35.5. The van der Waals surface area contributed by atoms with Crippen molar-refractivity contribution in [2.24, 2.45) is 0 Å². The molecule has 1 N–H and O–H groups in total. The highest BCUT2D eigenvalue weighted by Gasteiger charge is 2.13. The van der Waals surface area contributed by atoms with E-state index < -0.39 is 0 Å². The second-order valence-electron chi connectivity index (χ2n) is 13.0. The highest BCUT2D eigenvalue weighted by atomic mass is 16.5. The van der Waals surface area contributed by atoms with E-state index in [1.807, 2.05) is 0 Å². The first-order valence-electron chi connectivity index (χ1n) is 19.5. The number of aliphatic hydroxyl groups excluding tert-OH is 1. The van der Waals surface area contributed by atoms with Crippen molar-refractivity contribution in [2.75, 3.05) is 26.3 Å². The van der Waals surface area contributed by atoms with Crippen LogP contribution in [-0.4, -0.2) is 48.2 Å². The Balaban J connectivity index is 3.68. The monoisotopic (exact) mass is 634 g/mol. The Hall–Kier alpha value is -1.62. The number of amides is 1. The molecule has 0 unspecified atom stereocenters. The molecule has 1 amide bonds. The van der Waals surface area contributed by atoms with Crippen LogP contribution >= 0.6 is 0 Å². The van der Waals surface area contributed by atoms with Crippen molar-refractivity contribution in [3.05, 3.63) is 24.3 Å². The maximum atomic E-state index is 12.6. The molecule has 0 aromatic carbocycles. The second kappa shape index (κ2) is 36.8. The van der Waals surface area contributed by atoms with E-state index in [1.54, 1.807) is 4.90 Å². The van der Waals surface area contributed by atoms with Gasteiger partial charge in [-0.2, -0.15) is 0 Å². The third kappa shape index (κ3) is 33.6.